The molecule has 16 heteroatoms. The summed E-state index contributed by atoms with van der Waals surface area (Å²) in [5.41, 5.74) is 0.357. The van der Waals surface area contributed by atoms with Crippen molar-refractivity contribution in [3.8, 4) is 0 Å². The summed E-state index contributed by atoms with van der Waals surface area (Å²) in [6.45, 7) is -3.03. The summed E-state index contributed by atoms with van der Waals surface area (Å²) in [4.78, 5) is 43.9. The molecule has 0 aliphatic heterocycles. The summed E-state index contributed by atoms with van der Waals surface area (Å²) in [6.07, 6.45) is -2.55. The Labute approximate surface area is 261 Å². The molecule has 0 aromatic heterocycles. The standard InChI is InChI=1S/C22H33I3N4O9/c1-26-7-14(36)27(2)20-18(24)15(21(37)28(3-5-30)8-12(34)10-32)17(23)16(19(20)25)22(38)29(4-6-31)9-13(35)11-33/h12-13,26,30-35H,3-11H2,1-2H3. The number of carbonyl (C=O) groups excluding carboxylic acids is 3. The average molecular weight is 878 g/mol. The summed E-state index contributed by atoms with van der Waals surface area (Å²) >= 11 is 5.65. The van der Waals surface area contributed by atoms with Gasteiger partial charge in [0.1, 0.15) is 0 Å². The number of hydrogen-bond acceptors (Lipinski definition) is 10. The predicted molar refractivity (Wildman–Crippen MR) is 164 cm³/mol. The SMILES string of the molecule is CNCC(=O)N(C)c1c(I)c(C(=O)N(CCO)CC(O)CO)c(I)c(C(=O)N(CCO)CC(O)CO)c1I. The Bertz CT molecular complexity index is 925. The number of anilines is 1. The summed E-state index contributed by atoms with van der Waals surface area (Å²) in [5, 5.41) is 60.3. The number of nitrogens with zero attached hydrogens (tertiary/aromatic N) is 3. The Morgan fingerprint density at radius 2 is 1.18 bits per heavy atom. The minimum Gasteiger partial charge on any atom is -0.395 e. The summed E-state index contributed by atoms with van der Waals surface area (Å²) in [5.74, 6) is -1.65. The van der Waals surface area contributed by atoms with Gasteiger partial charge in [0.2, 0.25) is 5.91 Å². The van der Waals surface area contributed by atoms with Crippen molar-refractivity contribution >= 4 is 91.2 Å². The van der Waals surface area contributed by atoms with E-state index in [1.54, 1.807) is 7.05 Å². The van der Waals surface area contributed by atoms with Crippen LogP contribution in [0.1, 0.15) is 20.7 Å². The number of hydrogen-bond donors (Lipinski definition) is 7. The molecule has 216 valence electrons. The molecule has 1 rings (SSSR count). The molecule has 13 nitrogen and oxygen atoms in total. The van der Waals surface area contributed by atoms with E-state index < -0.39 is 50.4 Å². The highest BCUT2D eigenvalue weighted by atomic mass is 127. The zero-order valence-corrected chi connectivity index (χ0v) is 27.4. The van der Waals surface area contributed by atoms with Crippen LogP contribution in [-0.2, 0) is 4.79 Å². The molecular weight excluding hydrogens is 845 g/mol. The van der Waals surface area contributed by atoms with Crippen LogP contribution in [0.4, 0.5) is 5.69 Å². The molecule has 2 atom stereocenters. The number of benzene rings is 1. The number of likely N-dealkylation sites (N-methyl/N-ethyl adjacent to an activating group) is 2. The van der Waals surface area contributed by atoms with Crippen LogP contribution >= 0.6 is 67.8 Å². The average Bonchev–Trinajstić information content (AvgIpc) is 2.87. The van der Waals surface area contributed by atoms with Gasteiger partial charge in [0, 0.05) is 36.8 Å². The number of aliphatic hydroxyl groups excluding tert-OH is 6. The Hall–Kier alpha value is -0.460. The maximum absolute atomic E-state index is 13.8. The van der Waals surface area contributed by atoms with Crippen LogP contribution in [0.2, 0.25) is 0 Å². The largest absolute Gasteiger partial charge is 0.395 e. The first-order valence-corrected chi connectivity index (χ1v) is 14.6. The normalized spacial score (nSPS) is 12.7. The van der Waals surface area contributed by atoms with E-state index in [2.05, 4.69) is 5.32 Å². The minimum absolute atomic E-state index is 0.0279. The van der Waals surface area contributed by atoms with Gasteiger partial charge >= 0.3 is 0 Å². The van der Waals surface area contributed by atoms with Crippen LogP contribution in [0.5, 0.6) is 0 Å². The molecule has 7 N–H and O–H groups in total. The van der Waals surface area contributed by atoms with E-state index in [-0.39, 0.29) is 59.0 Å². The van der Waals surface area contributed by atoms with Gasteiger partial charge in [0.25, 0.3) is 11.8 Å². The second kappa shape index (κ2) is 17.4. The van der Waals surface area contributed by atoms with Crippen LogP contribution in [0.3, 0.4) is 0 Å². The van der Waals surface area contributed by atoms with Gasteiger partial charge in [-0.25, -0.2) is 0 Å². The molecule has 0 radical (unpaired) electrons. The molecule has 38 heavy (non-hydrogen) atoms. The number of halogens is 3. The van der Waals surface area contributed by atoms with E-state index in [0.29, 0.717) is 7.14 Å². The van der Waals surface area contributed by atoms with Crippen molar-refractivity contribution in [1.82, 2.24) is 15.1 Å². The molecule has 0 fully saturated rings. The third-order valence-corrected chi connectivity index (χ3v) is 8.54. The fraction of sp³-hybridized carbons (Fsp3) is 0.591. The molecular formula is C22H33I3N4O9. The Morgan fingerprint density at radius 3 is 1.50 bits per heavy atom. The predicted octanol–water partition coefficient (Wildman–Crippen LogP) is -1.74. The van der Waals surface area contributed by atoms with Crippen LogP contribution in [-0.4, -0.2) is 144 Å². The molecule has 2 unspecified atom stereocenters. The van der Waals surface area contributed by atoms with Crippen molar-refractivity contribution in [2.45, 2.75) is 12.2 Å². The second-order valence-corrected chi connectivity index (χ2v) is 11.4. The Kier molecular flexibility index (Phi) is 16.3. The van der Waals surface area contributed by atoms with Gasteiger partial charge in [-0.15, -0.1) is 0 Å². The van der Waals surface area contributed by atoms with Crippen molar-refractivity contribution in [3.63, 3.8) is 0 Å². The molecule has 1 aromatic carbocycles. The van der Waals surface area contributed by atoms with Gasteiger partial charge in [-0.2, -0.15) is 0 Å². The summed E-state index contributed by atoms with van der Waals surface area (Å²) in [7, 11) is 3.09. The van der Waals surface area contributed by atoms with Gasteiger partial charge < -0.3 is 50.7 Å². The number of amides is 3. The van der Waals surface area contributed by atoms with Crippen LogP contribution < -0.4 is 10.2 Å². The van der Waals surface area contributed by atoms with Crippen molar-refractivity contribution in [3.05, 3.63) is 21.8 Å². The zero-order chi connectivity index (χ0) is 29.2. The number of aliphatic hydroxyl groups is 6. The van der Waals surface area contributed by atoms with Gasteiger partial charge in [-0.1, -0.05) is 0 Å². The fourth-order valence-corrected chi connectivity index (χ4v) is 8.26. The maximum atomic E-state index is 13.8. The highest BCUT2D eigenvalue weighted by Crippen LogP contribution is 2.38. The quantitative estimate of drug-likeness (QED) is 0.0996. The van der Waals surface area contributed by atoms with E-state index in [0.717, 1.165) is 9.80 Å². The Balaban J connectivity index is 3.94. The first-order valence-electron chi connectivity index (χ1n) is 11.4. The summed E-state index contributed by atoms with van der Waals surface area (Å²) < 4.78 is 0.901. The number of rotatable bonds is 15. The van der Waals surface area contributed by atoms with E-state index in [9.17, 15) is 45.0 Å². The fourth-order valence-electron chi connectivity index (χ4n) is 3.45. The smallest absolute Gasteiger partial charge is 0.256 e. The van der Waals surface area contributed by atoms with Crippen molar-refractivity contribution in [2.75, 3.05) is 78.1 Å². The molecule has 0 aliphatic rings. The number of carbonyl (C=O) groups is 3. The molecule has 0 heterocycles. The highest BCUT2D eigenvalue weighted by molar-refractivity contribution is 14.1. The molecule has 0 saturated carbocycles. The topological polar surface area (TPSA) is 194 Å². The zero-order valence-electron chi connectivity index (χ0n) is 20.9. The van der Waals surface area contributed by atoms with Crippen LogP contribution in [0.15, 0.2) is 0 Å². The van der Waals surface area contributed by atoms with E-state index in [1.165, 1.54) is 11.9 Å². The lowest BCUT2D eigenvalue weighted by molar-refractivity contribution is -0.117. The molecule has 0 aliphatic carbocycles. The molecule has 0 spiro atoms. The Morgan fingerprint density at radius 1 is 0.789 bits per heavy atom. The first kappa shape index (κ1) is 35.6. The monoisotopic (exact) mass is 878 g/mol. The van der Waals surface area contributed by atoms with Gasteiger partial charge in [-0.3, -0.25) is 14.4 Å². The molecule has 3 amide bonds. The third-order valence-electron chi connectivity index (χ3n) is 5.36. The molecule has 0 saturated heterocycles. The van der Waals surface area contributed by atoms with Gasteiger partial charge in [0.15, 0.2) is 0 Å². The molecule has 1 aromatic rings. The van der Waals surface area contributed by atoms with Gasteiger partial charge in [0.05, 0.1) is 69.1 Å². The van der Waals surface area contributed by atoms with Crippen molar-refractivity contribution < 1.29 is 45.0 Å². The second-order valence-electron chi connectivity index (χ2n) is 8.15. The minimum atomic E-state index is -1.27. The van der Waals surface area contributed by atoms with Crippen LogP contribution in [0.25, 0.3) is 0 Å². The van der Waals surface area contributed by atoms with Gasteiger partial charge in [-0.05, 0) is 74.8 Å². The lowest BCUT2D eigenvalue weighted by Crippen LogP contribution is -2.43. The van der Waals surface area contributed by atoms with Crippen molar-refractivity contribution in [1.29, 1.82) is 0 Å². The van der Waals surface area contributed by atoms with Crippen LogP contribution in [0, 0.1) is 10.7 Å². The van der Waals surface area contributed by atoms with Crippen molar-refractivity contribution in [2.24, 2.45) is 0 Å². The number of nitrogens with one attached hydrogen (secondary N) is 1. The first-order chi connectivity index (χ1) is 17.9. The van der Waals surface area contributed by atoms with E-state index in [1.807, 2.05) is 67.8 Å². The van der Waals surface area contributed by atoms with E-state index >= 15 is 0 Å². The third kappa shape index (κ3) is 9.03. The summed E-state index contributed by atoms with van der Waals surface area (Å²) in [6, 6.07) is 0. The maximum Gasteiger partial charge on any atom is 0.256 e. The lowest BCUT2D eigenvalue weighted by atomic mass is 10.0. The molecule has 0 bridgehead atoms. The lowest BCUT2D eigenvalue weighted by Gasteiger charge is -2.30. The highest BCUT2D eigenvalue weighted by Gasteiger charge is 2.34. The van der Waals surface area contributed by atoms with E-state index in [4.69, 9.17) is 0 Å².